The number of aromatic nitrogens is 1. The van der Waals surface area contributed by atoms with Gasteiger partial charge in [-0.15, -0.1) is 0 Å². The maximum Gasteiger partial charge on any atom is 0.143 e. The number of hydrogen-bond donors (Lipinski definition) is 0. The topological polar surface area (TPSA) is 21.3 Å². The number of allylic oxidation sites excluding steroid dienone is 4. The van der Waals surface area contributed by atoms with E-state index in [9.17, 15) is 0 Å². The lowest BCUT2D eigenvalue weighted by atomic mass is 9.81. The number of fused-ring (bicyclic) bond motifs is 9. The van der Waals surface area contributed by atoms with Gasteiger partial charge < -0.3 is 13.9 Å². The van der Waals surface area contributed by atoms with Crippen LogP contribution < -0.4 is 4.90 Å². The fourth-order valence-corrected chi connectivity index (χ4v) is 10.5. The predicted octanol–water partition coefficient (Wildman–Crippen LogP) is 17.3. The molecule has 2 aromatic heterocycles. The quantitative estimate of drug-likeness (QED) is 0.149. The molecule has 2 heterocycles. The molecular weight excluding hydrogens is 789 g/mol. The molecule has 3 heteroatoms. The molecule has 10 aromatic carbocycles. The molecule has 1 aliphatic rings. The smallest absolute Gasteiger partial charge is 0.143 e. The molecule has 13 rings (SSSR count). The van der Waals surface area contributed by atoms with Crippen molar-refractivity contribution in [3.05, 3.63) is 248 Å². The van der Waals surface area contributed by atoms with Crippen molar-refractivity contribution < 1.29 is 4.42 Å². The van der Waals surface area contributed by atoms with Crippen molar-refractivity contribution in [2.45, 2.75) is 12.3 Å². The van der Waals surface area contributed by atoms with Gasteiger partial charge in [-0.25, -0.2) is 0 Å². The highest BCUT2D eigenvalue weighted by molar-refractivity contribution is 6.11. The first-order valence-corrected chi connectivity index (χ1v) is 22.5. The van der Waals surface area contributed by atoms with E-state index in [1.54, 1.807) is 0 Å². The molecule has 0 saturated carbocycles. The summed E-state index contributed by atoms with van der Waals surface area (Å²) < 4.78 is 8.94. The van der Waals surface area contributed by atoms with Crippen molar-refractivity contribution in [1.82, 2.24) is 4.57 Å². The molecule has 1 aliphatic carbocycles. The first kappa shape index (κ1) is 37.2. The van der Waals surface area contributed by atoms with Crippen LogP contribution in [0.25, 0.3) is 87.7 Å². The molecule has 0 bridgehead atoms. The fourth-order valence-electron chi connectivity index (χ4n) is 10.5. The van der Waals surface area contributed by atoms with Crippen molar-refractivity contribution in [2.75, 3.05) is 4.90 Å². The number of anilines is 3. The molecule has 306 valence electrons. The maximum atomic E-state index is 6.48. The van der Waals surface area contributed by atoms with Gasteiger partial charge in [0.05, 0.1) is 16.7 Å². The molecule has 65 heavy (non-hydrogen) atoms. The largest absolute Gasteiger partial charge is 0.455 e. The Morgan fingerprint density at radius 1 is 0.446 bits per heavy atom. The zero-order chi connectivity index (χ0) is 42.8. The number of benzene rings is 10. The van der Waals surface area contributed by atoms with Crippen LogP contribution in [0.15, 0.2) is 241 Å². The summed E-state index contributed by atoms with van der Waals surface area (Å²) in [6, 6.07) is 79.5. The van der Waals surface area contributed by atoms with E-state index in [0.29, 0.717) is 0 Å². The number of nitrogens with zero attached hydrogens (tertiary/aromatic N) is 2. The molecule has 1 unspecified atom stereocenters. The SMILES string of the molecule is C1=CCC(c2cccc(N(c3ccc(-c4cccc5c4oc4ccccc45)cc3)c3ccc4c(ccc5ccccc54)c3)c2)C(c2ccccc2-n2c3ccccc3c3ccccc32)=C1. The third-order valence-electron chi connectivity index (χ3n) is 13.6. The van der Waals surface area contributed by atoms with Crippen LogP contribution in [0.1, 0.15) is 23.5 Å². The summed E-state index contributed by atoms with van der Waals surface area (Å²) in [4.78, 5) is 2.41. The number of furan rings is 1. The number of para-hydroxylation sites is 5. The van der Waals surface area contributed by atoms with Crippen molar-refractivity contribution in [3.8, 4) is 16.8 Å². The minimum absolute atomic E-state index is 0.144. The van der Waals surface area contributed by atoms with Crippen LogP contribution in [-0.4, -0.2) is 4.57 Å². The first-order chi connectivity index (χ1) is 32.2. The third kappa shape index (κ3) is 6.12. The molecule has 12 aromatic rings. The van der Waals surface area contributed by atoms with E-state index in [4.69, 9.17) is 4.42 Å². The van der Waals surface area contributed by atoms with E-state index in [1.165, 1.54) is 65.7 Å². The van der Waals surface area contributed by atoms with Crippen LogP contribution in [0.2, 0.25) is 0 Å². The molecule has 0 spiro atoms. The Kier molecular flexibility index (Phi) is 8.67. The van der Waals surface area contributed by atoms with Crippen LogP contribution in [0.4, 0.5) is 17.1 Å². The Labute approximate surface area is 377 Å². The van der Waals surface area contributed by atoms with Crippen molar-refractivity contribution in [1.29, 1.82) is 0 Å². The van der Waals surface area contributed by atoms with Gasteiger partial charge in [-0.1, -0.05) is 176 Å². The Morgan fingerprint density at radius 2 is 1.08 bits per heavy atom. The number of rotatable bonds is 7. The van der Waals surface area contributed by atoms with E-state index >= 15 is 0 Å². The summed E-state index contributed by atoms with van der Waals surface area (Å²) in [7, 11) is 0. The summed E-state index contributed by atoms with van der Waals surface area (Å²) in [6.45, 7) is 0. The fraction of sp³-hybridized carbons (Fsp3) is 0.0323. The summed E-state index contributed by atoms with van der Waals surface area (Å²) in [5, 5.41) is 9.77. The lowest BCUT2D eigenvalue weighted by molar-refractivity contribution is 0.670. The van der Waals surface area contributed by atoms with E-state index in [0.717, 1.165) is 56.5 Å². The van der Waals surface area contributed by atoms with Gasteiger partial charge in [0.15, 0.2) is 0 Å². The second-order valence-electron chi connectivity index (χ2n) is 17.2. The van der Waals surface area contributed by atoms with E-state index in [-0.39, 0.29) is 5.92 Å². The number of hydrogen-bond acceptors (Lipinski definition) is 2. The monoisotopic (exact) mass is 830 g/mol. The molecule has 0 radical (unpaired) electrons. The molecule has 0 N–H and O–H groups in total. The molecule has 0 fully saturated rings. The van der Waals surface area contributed by atoms with Gasteiger partial charge in [0.1, 0.15) is 11.2 Å². The normalized spacial score (nSPS) is 14.0. The molecule has 3 nitrogen and oxygen atoms in total. The van der Waals surface area contributed by atoms with Gasteiger partial charge in [0, 0.05) is 55.7 Å². The Bertz CT molecular complexity index is 3830. The van der Waals surface area contributed by atoms with Crippen LogP contribution >= 0.6 is 0 Å². The maximum absolute atomic E-state index is 6.48. The van der Waals surface area contributed by atoms with E-state index < -0.39 is 0 Å². The van der Waals surface area contributed by atoms with Gasteiger partial charge in [0.2, 0.25) is 0 Å². The lowest BCUT2D eigenvalue weighted by Gasteiger charge is -2.29. The van der Waals surface area contributed by atoms with Crippen LogP contribution in [0.5, 0.6) is 0 Å². The molecule has 0 saturated heterocycles. The molecule has 0 amide bonds. The predicted molar refractivity (Wildman–Crippen MR) is 274 cm³/mol. The van der Waals surface area contributed by atoms with Crippen molar-refractivity contribution in [3.63, 3.8) is 0 Å². The van der Waals surface area contributed by atoms with Gasteiger partial charge in [-0.05, 0) is 105 Å². The molecule has 0 aliphatic heterocycles. The first-order valence-electron chi connectivity index (χ1n) is 22.5. The summed E-state index contributed by atoms with van der Waals surface area (Å²) in [5.74, 6) is 0.144. The second kappa shape index (κ2) is 15.1. The Hall–Kier alpha value is -8.40. The van der Waals surface area contributed by atoms with Gasteiger partial charge in [0.25, 0.3) is 0 Å². The minimum Gasteiger partial charge on any atom is -0.455 e. The Balaban J connectivity index is 0.937. The average molecular weight is 831 g/mol. The van der Waals surface area contributed by atoms with Crippen LogP contribution in [0, 0.1) is 0 Å². The molecular formula is C62H42N2O. The van der Waals surface area contributed by atoms with Gasteiger partial charge in [-0.2, -0.15) is 0 Å². The second-order valence-corrected chi connectivity index (χ2v) is 17.2. The zero-order valence-electron chi connectivity index (χ0n) is 35.6. The van der Waals surface area contributed by atoms with E-state index in [1.807, 2.05) is 12.1 Å². The standard InChI is InChI=1S/C62H42N2O/c1-2-18-48-41(15-1)31-32-44-40-47(37-38-50(44)48)63(45-35-33-42(34-36-45)51-25-14-26-57-56-24-8-12-30-61(56)65-62(51)57)46-17-13-16-43(39-46)49-19-3-4-20-52(49)53-21-5-9-27-58(53)64-59-28-10-6-22-54(59)55-23-7-11-29-60(55)64/h1-18,20-40,49H,19H2. The third-order valence-corrected chi connectivity index (χ3v) is 13.6. The van der Waals surface area contributed by atoms with Crippen LogP contribution in [-0.2, 0) is 0 Å². The highest BCUT2D eigenvalue weighted by Gasteiger charge is 2.25. The summed E-state index contributed by atoms with van der Waals surface area (Å²) in [5.41, 5.74) is 14.8. The zero-order valence-corrected chi connectivity index (χ0v) is 35.6. The van der Waals surface area contributed by atoms with Crippen molar-refractivity contribution in [2.24, 2.45) is 0 Å². The van der Waals surface area contributed by atoms with Gasteiger partial charge in [-0.3, -0.25) is 0 Å². The minimum atomic E-state index is 0.144. The lowest BCUT2D eigenvalue weighted by Crippen LogP contribution is -2.12. The molecule has 1 atom stereocenters. The highest BCUT2D eigenvalue weighted by Crippen LogP contribution is 2.45. The average Bonchev–Trinajstić information content (AvgIpc) is 3.93. The van der Waals surface area contributed by atoms with E-state index in [2.05, 4.69) is 234 Å². The highest BCUT2D eigenvalue weighted by atomic mass is 16.3. The van der Waals surface area contributed by atoms with Crippen LogP contribution in [0.3, 0.4) is 0 Å². The Morgan fingerprint density at radius 3 is 1.92 bits per heavy atom. The summed E-state index contributed by atoms with van der Waals surface area (Å²) >= 11 is 0. The summed E-state index contributed by atoms with van der Waals surface area (Å²) in [6.07, 6.45) is 7.79. The van der Waals surface area contributed by atoms with Crippen molar-refractivity contribution >= 4 is 87.9 Å². The van der Waals surface area contributed by atoms with Gasteiger partial charge >= 0.3 is 0 Å².